The van der Waals surface area contributed by atoms with Crippen molar-refractivity contribution in [2.75, 3.05) is 32.6 Å². The van der Waals surface area contributed by atoms with Gasteiger partial charge < -0.3 is 25.3 Å². The van der Waals surface area contributed by atoms with Crippen LogP contribution >= 0.6 is 11.6 Å². The molecule has 0 radical (unpaired) electrons. The Morgan fingerprint density at radius 3 is 2.91 bits per heavy atom. The van der Waals surface area contributed by atoms with Crippen LogP contribution in [-0.2, 0) is 14.3 Å². The molecular formula is C15H19ClN2O5. The molecule has 1 saturated heterocycles. The second-order valence-corrected chi connectivity index (χ2v) is 5.50. The summed E-state index contributed by atoms with van der Waals surface area (Å²) in [7, 11) is 1.40. The van der Waals surface area contributed by atoms with Crippen molar-refractivity contribution in [3.8, 4) is 5.75 Å². The fraction of sp³-hybridized carbons (Fsp3) is 0.467. The Kier molecular flexibility index (Phi) is 6.06. The molecule has 1 amide bonds. The van der Waals surface area contributed by atoms with Crippen LogP contribution in [0.5, 0.6) is 5.75 Å². The van der Waals surface area contributed by atoms with E-state index in [9.17, 15) is 9.59 Å². The van der Waals surface area contributed by atoms with E-state index in [0.717, 1.165) is 12.8 Å². The minimum atomic E-state index is -0.712. The highest BCUT2D eigenvalue weighted by molar-refractivity contribution is 6.33. The number of hydrogen-bond donors (Lipinski definition) is 2. The monoisotopic (exact) mass is 342 g/mol. The van der Waals surface area contributed by atoms with Crippen LogP contribution in [0.4, 0.5) is 5.69 Å². The van der Waals surface area contributed by atoms with Gasteiger partial charge in [0.25, 0.3) is 5.91 Å². The predicted molar refractivity (Wildman–Crippen MR) is 84.7 cm³/mol. The van der Waals surface area contributed by atoms with E-state index in [2.05, 4.69) is 5.32 Å². The van der Waals surface area contributed by atoms with E-state index in [1.165, 1.54) is 19.2 Å². The number of carbonyl (C=O) groups is 2. The molecule has 0 unspecified atom stereocenters. The fourth-order valence-corrected chi connectivity index (χ4v) is 2.35. The molecule has 1 aromatic carbocycles. The number of carbonyl (C=O) groups excluding carboxylic acids is 2. The van der Waals surface area contributed by atoms with Crippen molar-refractivity contribution < 1.29 is 23.8 Å². The van der Waals surface area contributed by atoms with E-state index >= 15 is 0 Å². The third-order valence-electron chi connectivity index (χ3n) is 3.42. The summed E-state index contributed by atoms with van der Waals surface area (Å²) in [4.78, 5) is 23.7. The van der Waals surface area contributed by atoms with Crippen LogP contribution in [0.2, 0.25) is 5.02 Å². The summed E-state index contributed by atoms with van der Waals surface area (Å²) >= 11 is 5.89. The molecule has 126 valence electrons. The van der Waals surface area contributed by atoms with E-state index in [4.69, 9.17) is 31.5 Å². The number of halogens is 1. The highest BCUT2D eigenvalue weighted by Crippen LogP contribution is 2.29. The van der Waals surface area contributed by atoms with Crippen LogP contribution in [0.15, 0.2) is 12.1 Å². The van der Waals surface area contributed by atoms with E-state index in [0.29, 0.717) is 13.2 Å². The summed E-state index contributed by atoms with van der Waals surface area (Å²) in [5.41, 5.74) is 6.04. The molecule has 1 aliphatic rings. The Bertz CT molecular complexity index is 587. The van der Waals surface area contributed by atoms with Crippen molar-refractivity contribution in [1.82, 2.24) is 5.32 Å². The minimum Gasteiger partial charge on any atom is -0.496 e. The number of methoxy groups -OCH3 is 1. The zero-order valence-corrected chi connectivity index (χ0v) is 13.5. The van der Waals surface area contributed by atoms with Crippen LogP contribution in [0.3, 0.4) is 0 Å². The number of hydrogen-bond acceptors (Lipinski definition) is 6. The number of anilines is 1. The molecule has 0 saturated carbocycles. The first-order valence-corrected chi connectivity index (χ1v) is 7.57. The molecule has 1 aromatic rings. The molecule has 2 rings (SSSR count). The SMILES string of the molecule is COc1cc(N)c(Cl)cc1C(=O)OCC(=O)NC[C@@H]1CCCO1. The van der Waals surface area contributed by atoms with Gasteiger partial charge in [0.1, 0.15) is 11.3 Å². The number of ether oxygens (including phenoxy) is 3. The van der Waals surface area contributed by atoms with Gasteiger partial charge in [0.2, 0.25) is 0 Å². The summed E-state index contributed by atoms with van der Waals surface area (Å²) in [5.74, 6) is -0.873. The van der Waals surface area contributed by atoms with Crippen LogP contribution in [0.1, 0.15) is 23.2 Å². The maximum Gasteiger partial charge on any atom is 0.342 e. The standard InChI is InChI=1S/C15H19ClN2O5/c1-21-13-6-12(17)11(16)5-10(13)15(20)23-8-14(19)18-7-9-3-2-4-22-9/h5-6,9H,2-4,7-8,17H2,1H3,(H,18,19)/t9-/m0/s1. The van der Waals surface area contributed by atoms with Crippen molar-refractivity contribution in [3.05, 3.63) is 22.7 Å². The first kappa shape index (κ1) is 17.4. The number of amides is 1. The maximum atomic E-state index is 12.0. The molecule has 0 spiro atoms. The van der Waals surface area contributed by atoms with Gasteiger partial charge in [-0.2, -0.15) is 0 Å². The number of nitrogens with one attached hydrogen (secondary N) is 1. The largest absolute Gasteiger partial charge is 0.496 e. The lowest BCUT2D eigenvalue weighted by atomic mass is 10.2. The zero-order valence-electron chi connectivity index (χ0n) is 12.8. The lowest BCUT2D eigenvalue weighted by molar-refractivity contribution is -0.124. The third-order valence-corrected chi connectivity index (χ3v) is 3.75. The highest BCUT2D eigenvalue weighted by Gasteiger charge is 2.19. The molecule has 7 nitrogen and oxygen atoms in total. The van der Waals surface area contributed by atoms with E-state index in [1.54, 1.807) is 0 Å². The summed E-state index contributed by atoms with van der Waals surface area (Å²) in [6, 6.07) is 2.78. The highest BCUT2D eigenvalue weighted by atomic mass is 35.5. The topological polar surface area (TPSA) is 99.9 Å². The smallest absolute Gasteiger partial charge is 0.342 e. The van der Waals surface area contributed by atoms with Crippen LogP contribution < -0.4 is 15.8 Å². The molecule has 1 aliphatic heterocycles. The number of benzene rings is 1. The molecule has 0 aliphatic carbocycles. The van der Waals surface area contributed by atoms with Crippen molar-refractivity contribution in [1.29, 1.82) is 0 Å². The number of nitrogens with two attached hydrogens (primary N) is 1. The normalized spacial score (nSPS) is 16.9. The van der Waals surface area contributed by atoms with Gasteiger partial charge in [-0.3, -0.25) is 4.79 Å². The molecule has 1 fully saturated rings. The minimum absolute atomic E-state index is 0.0330. The van der Waals surface area contributed by atoms with Gasteiger partial charge in [0.15, 0.2) is 6.61 Å². The average molecular weight is 343 g/mol. The van der Waals surface area contributed by atoms with E-state index in [-0.39, 0.29) is 28.1 Å². The lowest BCUT2D eigenvalue weighted by Gasteiger charge is -2.12. The fourth-order valence-electron chi connectivity index (χ4n) is 2.19. The Hall–Kier alpha value is -1.99. The summed E-state index contributed by atoms with van der Waals surface area (Å²) in [6.45, 7) is 0.733. The molecule has 1 heterocycles. The molecule has 3 N–H and O–H groups in total. The summed E-state index contributed by atoms with van der Waals surface area (Å²) in [5, 5.41) is 2.87. The van der Waals surface area contributed by atoms with Crippen molar-refractivity contribution >= 4 is 29.2 Å². The van der Waals surface area contributed by atoms with Crippen molar-refractivity contribution in [2.24, 2.45) is 0 Å². The first-order chi connectivity index (χ1) is 11.0. The third kappa shape index (κ3) is 4.74. The average Bonchev–Trinajstić information content (AvgIpc) is 3.06. The van der Waals surface area contributed by atoms with Crippen LogP contribution in [0, 0.1) is 0 Å². The predicted octanol–water partition coefficient (Wildman–Crippen LogP) is 1.38. The molecular weight excluding hydrogens is 324 g/mol. The molecule has 8 heteroatoms. The van der Waals surface area contributed by atoms with Crippen LogP contribution in [-0.4, -0.2) is 44.8 Å². The number of rotatable bonds is 6. The van der Waals surface area contributed by atoms with Gasteiger partial charge in [-0.1, -0.05) is 11.6 Å². The van der Waals surface area contributed by atoms with Crippen molar-refractivity contribution in [2.45, 2.75) is 18.9 Å². The number of esters is 1. The van der Waals surface area contributed by atoms with Gasteiger partial charge in [0, 0.05) is 19.2 Å². The summed E-state index contributed by atoms with van der Waals surface area (Å²) in [6.07, 6.45) is 1.94. The Morgan fingerprint density at radius 1 is 1.48 bits per heavy atom. The van der Waals surface area contributed by atoms with Crippen molar-refractivity contribution in [3.63, 3.8) is 0 Å². The zero-order chi connectivity index (χ0) is 16.8. The Morgan fingerprint density at radius 2 is 2.26 bits per heavy atom. The van der Waals surface area contributed by atoms with Crippen LogP contribution in [0.25, 0.3) is 0 Å². The number of nitrogen functional groups attached to an aromatic ring is 1. The van der Waals surface area contributed by atoms with Gasteiger partial charge in [0.05, 0.1) is 23.9 Å². The van der Waals surface area contributed by atoms with E-state index in [1.807, 2.05) is 0 Å². The van der Waals surface area contributed by atoms with Gasteiger partial charge >= 0.3 is 5.97 Å². The first-order valence-electron chi connectivity index (χ1n) is 7.19. The Labute approximate surface area is 139 Å². The second kappa shape index (κ2) is 8.03. The molecule has 23 heavy (non-hydrogen) atoms. The van der Waals surface area contributed by atoms with Gasteiger partial charge in [-0.25, -0.2) is 4.79 Å². The molecule has 1 atom stereocenters. The Balaban J connectivity index is 1.86. The molecule has 0 aromatic heterocycles. The van der Waals surface area contributed by atoms with Gasteiger partial charge in [-0.15, -0.1) is 0 Å². The second-order valence-electron chi connectivity index (χ2n) is 5.09. The lowest BCUT2D eigenvalue weighted by Crippen LogP contribution is -2.34. The summed E-state index contributed by atoms with van der Waals surface area (Å²) < 4.78 is 15.4. The molecule has 0 bridgehead atoms. The quantitative estimate of drug-likeness (QED) is 0.598. The van der Waals surface area contributed by atoms with E-state index < -0.39 is 18.5 Å². The maximum absolute atomic E-state index is 12.0. The van der Waals surface area contributed by atoms with Gasteiger partial charge in [-0.05, 0) is 18.9 Å².